The molecule has 1 rings (SSSR count). The van der Waals surface area contributed by atoms with Gasteiger partial charge in [-0.2, -0.15) is 0 Å². The second kappa shape index (κ2) is 5.09. The van der Waals surface area contributed by atoms with E-state index in [1.807, 2.05) is 13.8 Å². The molecule has 1 aliphatic rings. The number of carbonyl (C=O) groups is 3. The Bertz CT molecular complexity index is 312. The molecule has 1 saturated heterocycles. The van der Waals surface area contributed by atoms with E-state index in [-0.39, 0.29) is 11.8 Å². The quantitative estimate of drug-likeness (QED) is 0.636. The topological polar surface area (TPSA) is 57.7 Å². The van der Waals surface area contributed by atoms with Crippen LogP contribution in [-0.4, -0.2) is 53.1 Å². The first-order valence-electron chi connectivity index (χ1n) is 5.52. The first-order valence-corrected chi connectivity index (χ1v) is 5.52. The molecule has 0 atom stereocenters. The summed E-state index contributed by atoms with van der Waals surface area (Å²) in [6, 6.07) is 0.0476. The van der Waals surface area contributed by atoms with E-state index in [0.29, 0.717) is 26.1 Å². The van der Waals surface area contributed by atoms with Gasteiger partial charge in [-0.1, -0.05) is 0 Å². The van der Waals surface area contributed by atoms with E-state index in [1.165, 1.54) is 11.8 Å². The van der Waals surface area contributed by atoms with Gasteiger partial charge < -0.3 is 9.80 Å². The van der Waals surface area contributed by atoms with Gasteiger partial charge in [-0.3, -0.25) is 14.4 Å². The Morgan fingerprint density at radius 2 is 1.88 bits per heavy atom. The summed E-state index contributed by atoms with van der Waals surface area (Å²) in [5, 5.41) is 0. The van der Waals surface area contributed by atoms with Gasteiger partial charge in [0.05, 0.1) is 0 Å². The molecule has 1 aliphatic heterocycles. The number of amides is 2. The average Bonchev–Trinajstić information content (AvgIpc) is 2.19. The lowest BCUT2D eigenvalue weighted by molar-refractivity contribution is -0.157. The van der Waals surface area contributed by atoms with E-state index < -0.39 is 11.8 Å². The zero-order chi connectivity index (χ0) is 12.3. The maximum Gasteiger partial charge on any atom is 0.312 e. The lowest BCUT2D eigenvalue weighted by Gasteiger charge is -2.35. The molecule has 5 nitrogen and oxygen atoms in total. The third kappa shape index (κ3) is 2.81. The summed E-state index contributed by atoms with van der Waals surface area (Å²) in [5.41, 5.74) is 0. The Morgan fingerprint density at radius 1 is 1.25 bits per heavy atom. The first-order chi connectivity index (χ1) is 7.43. The number of piperazine rings is 1. The Morgan fingerprint density at radius 3 is 2.38 bits per heavy atom. The van der Waals surface area contributed by atoms with Crippen molar-refractivity contribution in [3.05, 3.63) is 0 Å². The van der Waals surface area contributed by atoms with Crippen LogP contribution in [0.1, 0.15) is 27.2 Å². The van der Waals surface area contributed by atoms with Gasteiger partial charge in [0, 0.05) is 32.1 Å². The zero-order valence-corrected chi connectivity index (χ0v) is 10.0. The van der Waals surface area contributed by atoms with E-state index in [1.54, 1.807) is 4.90 Å². The summed E-state index contributed by atoms with van der Waals surface area (Å²) >= 11 is 0. The molecule has 1 fully saturated rings. The smallest absolute Gasteiger partial charge is 0.312 e. The van der Waals surface area contributed by atoms with Crippen molar-refractivity contribution in [3.8, 4) is 0 Å². The normalized spacial score (nSPS) is 17.2. The van der Waals surface area contributed by atoms with Gasteiger partial charge in [0.1, 0.15) is 5.78 Å². The molecule has 0 aliphatic carbocycles. The van der Waals surface area contributed by atoms with Crippen molar-refractivity contribution in [3.63, 3.8) is 0 Å². The van der Waals surface area contributed by atoms with Crippen LogP contribution in [0.4, 0.5) is 0 Å². The van der Waals surface area contributed by atoms with Crippen LogP contribution in [0.5, 0.6) is 0 Å². The van der Waals surface area contributed by atoms with Gasteiger partial charge >= 0.3 is 11.8 Å². The second-order valence-electron chi connectivity index (χ2n) is 4.34. The largest absolute Gasteiger partial charge is 0.332 e. The number of rotatable bonds is 4. The van der Waals surface area contributed by atoms with Gasteiger partial charge in [0.2, 0.25) is 0 Å². The number of hydrogen-bond donors (Lipinski definition) is 0. The molecular weight excluding hydrogens is 208 g/mol. The molecule has 1 heterocycles. The van der Waals surface area contributed by atoms with Crippen LogP contribution in [0.25, 0.3) is 0 Å². The van der Waals surface area contributed by atoms with E-state index in [2.05, 4.69) is 0 Å². The van der Waals surface area contributed by atoms with Gasteiger partial charge in [-0.05, 0) is 20.8 Å². The standard InChI is InChI=1S/C11H18N2O3/c1-8(2)13-7-6-12(5-4-9(3)14)10(15)11(13)16/h8H,4-7H2,1-3H3. The van der Waals surface area contributed by atoms with Crippen molar-refractivity contribution in [1.82, 2.24) is 9.80 Å². The van der Waals surface area contributed by atoms with Crippen LogP contribution in [0.2, 0.25) is 0 Å². The zero-order valence-electron chi connectivity index (χ0n) is 10.0. The van der Waals surface area contributed by atoms with E-state index in [0.717, 1.165) is 0 Å². The molecular formula is C11H18N2O3. The highest BCUT2D eigenvalue weighted by Crippen LogP contribution is 2.09. The molecule has 0 aromatic rings. The predicted octanol–water partition coefficient (Wildman–Crippen LogP) is 0.0447. The van der Waals surface area contributed by atoms with Gasteiger partial charge in [0.15, 0.2) is 0 Å². The van der Waals surface area contributed by atoms with Gasteiger partial charge in [0.25, 0.3) is 0 Å². The van der Waals surface area contributed by atoms with Crippen LogP contribution < -0.4 is 0 Å². The fraction of sp³-hybridized carbons (Fsp3) is 0.727. The second-order valence-corrected chi connectivity index (χ2v) is 4.34. The van der Waals surface area contributed by atoms with Crippen LogP contribution in [0.15, 0.2) is 0 Å². The maximum absolute atomic E-state index is 11.7. The molecule has 0 aromatic heterocycles. The Labute approximate surface area is 95.4 Å². The molecule has 0 aromatic carbocycles. The summed E-state index contributed by atoms with van der Waals surface area (Å²) in [6.45, 7) is 6.69. The lowest BCUT2D eigenvalue weighted by Crippen LogP contribution is -2.56. The Hall–Kier alpha value is -1.39. The number of carbonyl (C=O) groups excluding carboxylic acids is 3. The van der Waals surface area contributed by atoms with Gasteiger partial charge in [-0.25, -0.2) is 0 Å². The summed E-state index contributed by atoms with van der Waals surface area (Å²) in [7, 11) is 0. The molecule has 0 unspecified atom stereocenters. The maximum atomic E-state index is 11.7. The molecule has 0 radical (unpaired) electrons. The summed E-state index contributed by atoms with van der Waals surface area (Å²) in [5.74, 6) is -0.905. The average molecular weight is 226 g/mol. The van der Waals surface area contributed by atoms with E-state index >= 15 is 0 Å². The Kier molecular flexibility index (Phi) is 4.04. The molecule has 0 bridgehead atoms. The lowest BCUT2D eigenvalue weighted by atomic mass is 10.2. The minimum atomic E-state index is -0.485. The third-order valence-electron chi connectivity index (χ3n) is 2.70. The number of nitrogens with zero attached hydrogens (tertiary/aromatic N) is 2. The molecule has 0 spiro atoms. The summed E-state index contributed by atoms with van der Waals surface area (Å²) in [6.07, 6.45) is 0.320. The highest BCUT2D eigenvalue weighted by Gasteiger charge is 2.33. The van der Waals surface area contributed by atoms with Crippen molar-refractivity contribution in [2.45, 2.75) is 33.2 Å². The number of ketones is 1. The first kappa shape index (κ1) is 12.7. The summed E-state index contributed by atoms with van der Waals surface area (Å²) < 4.78 is 0. The fourth-order valence-corrected chi connectivity index (χ4v) is 1.69. The van der Waals surface area contributed by atoms with Gasteiger partial charge in [-0.15, -0.1) is 0 Å². The van der Waals surface area contributed by atoms with Crippen molar-refractivity contribution in [1.29, 1.82) is 0 Å². The van der Waals surface area contributed by atoms with Crippen LogP contribution >= 0.6 is 0 Å². The molecule has 0 saturated carbocycles. The molecule has 5 heteroatoms. The predicted molar refractivity (Wildman–Crippen MR) is 58.7 cm³/mol. The Balaban J connectivity index is 2.58. The van der Waals surface area contributed by atoms with E-state index in [9.17, 15) is 14.4 Å². The monoisotopic (exact) mass is 226 g/mol. The molecule has 2 amide bonds. The van der Waals surface area contributed by atoms with Crippen molar-refractivity contribution < 1.29 is 14.4 Å². The van der Waals surface area contributed by atoms with Crippen molar-refractivity contribution in [2.75, 3.05) is 19.6 Å². The fourth-order valence-electron chi connectivity index (χ4n) is 1.69. The van der Waals surface area contributed by atoms with Crippen LogP contribution in [-0.2, 0) is 14.4 Å². The van der Waals surface area contributed by atoms with Crippen molar-refractivity contribution in [2.24, 2.45) is 0 Å². The molecule has 16 heavy (non-hydrogen) atoms. The highest BCUT2D eigenvalue weighted by atomic mass is 16.2. The van der Waals surface area contributed by atoms with E-state index in [4.69, 9.17) is 0 Å². The molecule has 90 valence electrons. The minimum Gasteiger partial charge on any atom is -0.332 e. The number of Topliss-reactive ketones (excluding diaryl/α,β-unsaturated/α-hetero) is 1. The number of hydrogen-bond acceptors (Lipinski definition) is 3. The molecule has 0 N–H and O–H groups in total. The van der Waals surface area contributed by atoms with Crippen LogP contribution in [0, 0.1) is 0 Å². The highest BCUT2D eigenvalue weighted by molar-refractivity contribution is 6.35. The van der Waals surface area contributed by atoms with Crippen LogP contribution in [0.3, 0.4) is 0 Å². The summed E-state index contributed by atoms with van der Waals surface area (Å²) in [4.78, 5) is 37.2. The third-order valence-corrected chi connectivity index (χ3v) is 2.70. The van der Waals surface area contributed by atoms with Crippen molar-refractivity contribution >= 4 is 17.6 Å². The minimum absolute atomic E-state index is 0.0338. The SMILES string of the molecule is CC(=O)CCN1CCN(C(C)C)C(=O)C1=O.